The second-order valence-electron chi connectivity index (χ2n) is 10.7. The van der Waals surface area contributed by atoms with Gasteiger partial charge >= 0.3 is 0 Å². The van der Waals surface area contributed by atoms with E-state index in [0.29, 0.717) is 18.1 Å². The van der Waals surface area contributed by atoms with Gasteiger partial charge in [-0.3, -0.25) is 29.8 Å². The molecule has 7 N–H and O–H groups in total. The van der Waals surface area contributed by atoms with E-state index in [1.165, 1.54) is 6.07 Å². The number of fused-ring (bicyclic) bond motifs is 1. The third-order valence-electron chi connectivity index (χ3n) is 7.83. The van der Waals surface area contributed by atoms with E-state index in [0.717, 1.165) is 33.9 Å². The first-order valence-electron chi connectivity index (χ1n) is 14.4. The van der Waals surface area contributed by atoms with Crippen LogP contribution in [-0.2, 0) is 28.7 Å². The summed E-state index contributed by atoms with van der Waals surface area (Å²) in [5.74, 6) is -3.43. The van der Waals surface area contributed by atoms with Crippen molar-refractivity contribution in [2.45, 2.75) is 53.2 Å². The molecule has 15 nitrogen and oxygen atoms in total. The fraction of sp³-hybridized carbons (Fsp3) is 0.419. The van der Waals surface area contributed by atoms with Gasteiger partial charge in [-0.1, -0.05) is 0 Å². The molecule has 3 unspecified atom stereocenters. The van der Waals surface area contributed by atoms with Crippen LogP contribution in [0.5, 0.6) is 17.2 Å². The van der Waals surface area contributed by atoms with E-state index in [-0.39, 0.29) is 30.2 Å². The zero-order valence-corrected chi connectivity index (χ0v) is 26.2. The molecule has 0 fully saturated rings. The molecule has 1 aliphatic rings. The average molecular weight is 642 g/mol. The Hall–Kier alpha value is -4.86. The summed E-state index contributed by atoms with van der Waals surface area (Å²) in [5, 5.41) is 33.3. The topological polar surface area (TPSA) is 221 Å². The van der Waals surface area contributed by atoms with Gasteiger partial charge in [0, 0.05) is 17.7 Å². The predicted molar refractivity (Wildman–Crippen MR) is 163 cm³/mol. The molecule has 0 aliphatic carbocycles. The van der Waals surface area contributed by atoms with Gasteiger partial charge in [-0.05, 0) is 62.4 Å². The van der Waals surface area contributed by atoms with Crippen LogP contribution < -0.4 is 31.3 Å². The van der Waals surface area contributed by atoms with Crippen LogP contribution in [-0.4, -0.2) is 91.5 Å². The van der Waals surface area contributed by atoms with E-state index in [1.54, 1.807) is 0 Å². The largest absolute Gasteiger partial charge is 0.508 e. The van der Waals surface area contributed by atoms with Crippen LogP contribution in [0.4, 0.5) is 0 Å². The summed E-state index contributed by atoms with van der Waals surface area (Å²) in [6, 6.07) is 2.21. The van der Waals surface area contributed by atoms with Crippen LogP contribution in [0.1, 0.15) is 49.8 Å². The molecule has 0 bridgehead atoms. The number of aromatic hydroxyl groups is 2. The molecule has 3 atom stereocenters. The Kier molecular flexibility index (Phi) is 12.3. The second kappa shape index (κ2) is 15.9. The number of hydrogen-bond acceptors (Lipinski definition) is 12. The van der Waals surface area contributed by atoms with E-state index < -0.39 is 67.4 Å². The Morgan fingerprint density at radius 2 is 1.30 bits per heavy atom. The van der Waals surface area contributed by atoms with E-state index >= 15 is 0 Å². The first-order valence-corrected chi connectivity index (χ1v) is 14.4. The predicted octanol–water partition coefficient (Wildman–Crippen LogP) is -0.449. The standard InChI is InChI=1S/C31H39N5O10/c1-15-16(2)18(4)26(19(5)17(15)3)29-30(28(44)27-21(40)10-20(39)11-22(27)45-29)46-31(35-13-24(42)33-7-9-38)36-14-25(43)34-12-23(41)32-6-8-37/h8-11,29-31,35-36,39-40H,6-7,12-14H2,1-5H3,(H,32,41)(H,33,42)(H,34,43). The number of Topliss-reactive ketones (excluding diaryl/α,β-unsaturated/α-hetero) is 1. The number of ketones is 1. The van der Waals surface area contributed by atoms with Crippen LogP contribution in [0.15, 0.2) is 12.1 Å². The van der Waals surface area contributed by atoms with Gasteiger partial charge in [0.1, 0.15) is 35.4 Å². The van der Waals surface area contributed by atoms with Gasteiger partial charge in [0.05, 0.1) is 32.7 Å². The minimum absolute atomic E-state index is 0.0556. The van der Waals surface area contributed by atoms with Gasteiger partial charge in [-0.15, -0.1) is 0 Å². The lowest BCUT2D eigenvalue weighted by Gasteiger charge is -2.37. The van der Waals surface area contributed by atoms with Crippen molar-refractivity contribution in [3.05, 3.63) is 51.1 Å². The maximum absolute atomic E-state index is 14.0. The molecule has 2 aromatic carbocycles. The van der Waals surface area contributed by atoms with E-state index in [2.05, 4.69) is 26.6 Å². The van der Waals surface area contributed by atoms with Crippen molar-refractivity contribution < 1.29 is 48.5 Å². The Balaban J connectivity index is 1.98. The van der Waals surface area contributed by atoms with Crippen molar-refractivity contribution in [3.8, 4) is 17.2 Å². The van der Waals surface area contributed by atoms with E-state index in [1.807, 2.05) is 34.6 Å². The highest BCUT2D eigenvalue weighted by Gasteiger charge is 2.44. The molecule has 0 radical (unpaired) electrons. The van der Waals surface area contributed by atoms with Crippen molar-refractivity contribution in [3.63, 3.8) is 0 Å². The summed E-state index contributed by atoms with van der Waals surface area (Å²) in [6.07, 6.45) is -2.90. The van der Waals surface area contributed by atoms with Gasteiger partial charge in [0.25, 0.3) is 0 Å². The minimum atomic E-state index is -1.44. The second-order valence-corrected chi connectivity index (χ2v) is 10.7. The van der Waals surface area contributed by atoms with Crippen molar-refractivity contribution >= 4 is 36.1 Å². The van der Waals surface area contributed by atoms with Crippen LogP contribution in [0.2, 0.25) is 0 Å². The molecule has 0 aromatic heterocycles. The fourth-order valence-corrected chi connectivity index (χ4v) is 5.07. The number of amides is 3. The summed E-state index contributed by atoms with van der Waals surface area (Å²) in [6.45, 7) is 7.91. The molecule has 15 heteroatoms. The van der Waals surface area contributed by atoms with Crippen LogP contribution >= 0.6 is 0 Å². The SMILES string of the molecule is Cc1c(C)c(C)c(C2Oc3cc(O)cc(O)c3C(=O)C2OC(NCC(=O)NCC=O)NCC(=O)NCC(=O)NCC=O)c(C)c1C. The van der Waals surface area contributed by atoms with Crippen LogP contribution in [0.25, 0.3) is 0 Å². The number of phenols is 2. The quantitative estimate of drug-likeness (QED) is 0.0971. The Morgan fingerprint density at radius 1 is 0.804 bits per heavy atom. The number of rotatable bonds is 15. The Morgan fingerprint density at radius 3 is 1.85 bits per heavy atom. The molecule has 0 spiro atoms. The fourth-order valence-electron chi connectivity index (χ4n) is 5.07. The molecule has 2 aromatic rings. The zero-order valence-electron chi connectivity index (χ0n) is 26.2. The van der Waals surface area contributed by atoms with Crippen molar-refractivity contribution in [2.75, 3.05) is 32.7 Å². The summed E-state index contributed by atoms with van der Waals surface area (Å²) in [5.41, 5.74) is 5.07. The zero-order chi connectivity index (χ0) is 34.1. The normalized spacial score (nSPS) is 16.1. The molecule has 0 saturated heterocycles. The third kappa shape index (κ3) is 8.44. The van der Waals surface area contributed by atoms with Gasteiger partial charge in [-0.2, -0.15) is 0 Å². The average Bonchev–Trinajstić information content (AvgIpc) is 3.01. The molecule has 46 heavy (non-hydrogen) atoms. The van der Waals surface area contributed by atoms with Crippen molar-refractivity contribution in [1.82, 2.24) is 26.6 Å². The van der Waals surface area contributed by atoms with E-state index in [9.17, 15) is 39.0 Å². The number of aldehydes is 2. The number of nitrogens with one attached hydrogen (secondary N) is 5. The number of hydrogen-bond donors (Lipinski definition) is 7. The van der Waals surface area contributed by atoms with Crippen molar-refractivity contribution in [2.24, 2.45) is 0 Å². The summed E-state index contributed by atoms with van der Waals surface area (Å²) in [4.78, 5) is 71.7. The van der Waals surface area contributed by atoms with Crippen LogP contribution in [0.3, 0.4) is 0 Å². The lowest BCUT2D eigenvalue weighted by atomic mass is 9.83. The monoisotopic (exact) mass is 641 g/mol. The Labute approximate surface area is 265 Å². The number of phenolic OH excluding ortho intramolecular Hbond substituents is 2. The van der Waals surface area contributed by atoms with Gasteiger partial charge in [0.15, 0.2) is 18.6 Å². The Bertz CT molecular complexity index is 1500. The third-order valence-corrected chi connectivity index (χ3v) is 7.83. The number of benzene rings is 2. The molecule has 248 valence electrons. The lowest BCUT2D eigenvalue weighted by Crippen LogP contribution is -2.55. The van der Waals surface area contributed by atoms with Crippen molar-refractivity contribution in [1.29, 1.82) is 0 Å². The first kappa shape index (κ1) is 35.6. The number of carbonyl (C=O) groups excluding carboxylic acids is 6. The van der Waals surface area contributed by atoms with Gasteiger partial charge in [-0.25, -0.2) is 0 Å². The summed E-state index contributed by atoms with van der Waals surface area (Å²) in [7, 11) is 0. The molecular weight excluding hydrogens is 602 g/mol. The molecule has 3 amide bonds. The van der Waals surface area contributed by atoms with E-state index in [4.69, 9.17) is 9.47 Å². The molecule has 1 aliphatic heterocycles. The van der Waals surface area contributed by atoms with Gasteiger partial charge < -0.3 is 45.2 Å². The number of carbonyl (C=O) groups is 6. The lowest BCUT2D eigenvalue weighted by molar-refractivity contribution is -0.127. The highest BCUT2D eigenvalue weighted by atomic mass is 16.6. The number of ether oxygens (including phenoxy) is 2. The summed E-state index contributed by atoms with van der Waals surface area (Å²) >= 11 is 0. The molecular formula is C31H39N5O10. The highest BCUT2D eigenvalue weighted by Crippen LogP contribution is 2.45. The minimum Gasteiger partial charge on any atom is -0.508 e. The maximum Gasteiger partial charge on any atom is 0.239 e. The molecule has 3 rings (SSSR count). The maximum atomic E-state index is 14.0. The highest BCUT2D eigenvalue weighted by molar-refractivity contribution is 6.06. The first-order chi connectivity index (χ1) is 21.8. The smallest absolute Gasteiger partial charge is 0.239 e. The molecule has 0 saturated carbocycles. The summed E-state index contributed by atoms with van der Waals surface area (Å²) < 4.78 is 12.5. The van der Waals surface area contributed by atoms with Crippen LogP contribution in [0, 0.1) is 34.6 Å². The van der Waals surface area contributed by atoms with Gasteiger partial charge in [0.2, 0.25) is 23.5 Å². The molecule has 1 heterocycles.